The quantitative estimate of drug-likeness (QED) is 0.219. The molecule has 10 nitrogen and oxygen atoms in total. The molecule has 0 saturated carbocycles. The van der Waals surface area contributed by atoms with Crippen molar-refractivity contribution >= 4 is 10.4 Å². The Hall–Kier alpha value is -0.370. The van der Waals surface area contributed by atoms with Crippen molar-refractivity contribution in [2.45, 2.75) is 26.2 Å². The Kier molecular flexibility index (Phi) is 24.3. The summed E-state index contributed by atoms with van der Waals surface area (Å²) in [5.74, 6) is 0. The summed E-state index contributed by atoms with van der Waals surface area (Å²) in [5, 5.41) is 8.49. The molecule has 11 heteroatoms. The van der Waals surface area contributed by atoms with Gasteiger partial charge >= 0.3 is 10.4 Å². The van der Waals surface area contributed by atoms with Gasteiger partial charge in [0.2, 0.25) is 0 Å². The predicted octanol–water partition coefficient (Wildman–Crippen LogP) is 0.599. The molecule has 0 heterocycles. The van der Waals surface area contributed by atoms with Crippen molar-refractivity contribution < 1.29 is 46.3 Å². The first-order valence-electron chi connectivity index (χ1n) is 8.61. The lowest BCUT2D eigenvalue weighted by Gasteiger charge is -2.07. The highest BCUT2D eigenvalue weighted by Crippen LogP contribution is 1.93. The second-order valence-electron chi connectivity index (χ2n) is 4.94. The van der Waals surface area contributed by atoms with Crippen LogP contribution >= 0.6 is 0 Å². The largest absolute Gasteiger partial charge is 0.394 e. The fourth-order valence-electron chi connectivity index (χ4n) is 1.50. The van der Waals surface area contributed by atoms with Crippen LogP contribution < -0.4 is 0 Å². The molecule has 160 valence electrons. The van der Waals surface area contributed by atoms with Gasteiger partial charge in [-0.05, 0) is 6.42 Å². The van der Waals surface area contributed by atoms with Gasteiger partial charge in [0.1, 0.15) is 0 Å². The lowest BCUT2D eigenvalue weighted by atomic mass is 10.3. The van der Waals surface area contributed by atoms with Gasteiger partial charge < -0.3 is 28.8 Å². The molecule has 0 rings (SSSR count). The van der Waals surface area contributed by atoms with Gasteiger partial charge in [-0.1, -0.05) is 19.8 Å². The van der Waals surface area contributed by atoms with Crippen LogP contribution in [0.3, 0.4) is 0 Å². The van der Waals surface area contributed by atoms with E-state index in [1.807, 2.05) is 0 Å². The number of hydrogen-bond donors (Lipinski definition) is 3. The third kappa shape index (κ3) is 38.9. The molecular weight excluding hydrogens is 372 g/mol. The number of rotatable bonds is 18. The second-order valence-corrected chi connectivity index (χ2v) is 5.84. The summed E-state index contributed by atoms with van der Waals surface area (Å²) in [6.45, 7) is 7.96. The van der Waals surface area contributed by atoms with E-state index in [2.05, 4.69) is 6.92 Å². The monoisotopic (exact) mass is 406 g/mol. The molecule has 3 N–H and O–H groups in total. The Morgan fingerprint density at radius 3 is 1.23 bits per heavy atom. The van der Waals surface area contributed by atoms with Crippen LogP contribution in [-0.2, 0) is 34.1 Å². The van der Waals surface area contributed by atoms with Crippen molar-refractivity contribution in [1.29, 1.82) is 0 Å². The maximum Gasteiger partial charge on any atom is 0.394 e. The van der Waals surface area contributed by atoms with Gasteiger partial charge in [-0.25, -0.2) is 0 Å². The van der Waals surface area contributed by atoms with E-state index in [9.17, 15) is 0 Å². The zero-order valence-corrected chi connectivity index (χ0v) is 16.3. The van der Waals surface area contributed by atoms with E-state index in [1.54, 1.807) is 0 Å². The van der Waals surface area contributed by atoms with E-state index >= 15 is 0 Å². The van der Waals surface area contributed by atoms with Crippen molar-refractivity contribution in [3.63, 3.8) is 0 Å². The number of hydrogen-bond acceptors (Lipinski definition) is 8. The van der Waals surface area contributed by atoms with Gasteiger partial charge in [-0.15, -0.1) is 0 Å². The van der Waals surface area contributed by atoms with Crippen LogP contribution in [-0.4, -0.2) is 95.3 Å². The van der Waals surface area contributed by atoms with Crippen LogP contribution in [0, 0.1) is 0 Å². The molecule has 26 heavy (non-hydrogen) atoms. The van der Waals surface area contributed by atoms with Crippen LogP contribution in [0.5, 0.6) is 0 Å². The van der Waals surface area contributed by atoms with Gasteiger partial charge in [0, 0.05) is 6.61 Å². The molecule has 0 aromatic rings. The van der Waals surface area contributed by atoms with E-state index < -0.39 is 10.4 Å². The Morgan fingerprint density at radius 1 is 0.615 bits per heavy atom. The maximum absolute atomic E-state index is 8.74. The maximum atomic E-state index is 8.74. The summed E-state index contributed by atoms with van der Waals surface area (Å²) in [6.07, 6.45) is 3.57. The topological polar surface area (TPSA) is 141 Å². The third-order valence-electron chi connectivity index (χ3n) is 2.62. The summed E-state index contributed by atoms with van der Waals surface area (Å²) in [6, 6.07) is 0. The van der Waals surface area contributed by atoms with E-state index in [4.69, 9.17) is 46.3 Å². The summed E-state index contributed by atoms with van der Waals surface area (Å²) >= 11 is 0. The fraction of sp³-hybridized carbons (Fsp3) is 1.00. The first-order chi connectivity index (χ1) is 12.4. The lowest BCUT2D eigenvalue weighted by Crippen LogP contribution is -2.13. The molecule has 0 bridgehead atoms. The summed E-state index contributed by atoms with van der Waals surface area (Å²) in [4.78, 5) is 0. The SMILES string of the molecule is CCCCCOCCOCCOCCOCCOCCO.O=S(=O)(O)O. The highest BCUT2D eigenvalue weighted by atomic mass is 32.3. The van der Waals surface area contributed by atoms with Crippen LogP contribution in [0.4, 0.5) is 0 Å². The van der Waals surface area contributed by atoms with Crippen molar-refractivity contribution in [3.05, 3.63) is 0 Å². The van der Waals surface area contributed by atoms with Crippen molar-refractivity contribution in [3.8, 4) is 0 Å². The fourth-order valence-corrected chi connectivity index (χ4v) is 1.50. The smallest absolute Gasteiger partial charge is 0.394 e. The summed E-state index contributed by atoms with van der Waals surface area (Å²) in [7, 11) is -4.67. The Bertz CT molecular complexity index is 324. The average molecular weight is 406 g/mol. The Morgan fingerprint density at radius 2 is 0.923 bits per heavy atom. The Labute approximate surface area is 156 Å². The lowest BCUT2D eigenvalue weighted by molar-refractivity contribution is -0.0134. The van der Waals surface area contributed by atoms with Crippen LogP contribution in [0.15, 0.2) is 0 Å². The molecule has 0 saturated heterocycles. The molecule has 0 aliphatic carbocycles. The minimum atomic E-state index is -4.67. The van der Waals surface area contributed by atoms with Gasteiger partial charge in [-0.3, -0.25) is 9.11 Å². The number of aliphatic hydroxyl groups excluding tert-OH is 1. The minimum absolute atomic E-state index is 0.0485. The van der Waals surface area contributed by atoms with Gasteiger partial charge in [-0.2, -0.15) is 8.42 Å². The summed E-state index contributed by atoms with van der Waals surface area (Å²) < 4.78 is 58.1. The van der Waals surface area contributed by atoms with E-state index in [0.717, 1.165) is 13.0 Å². The highest BCUT2D eigenvalue weighted by Gasteiger charge is 1.93. The van der Waals surface area contributed by atoms with Crippen molar-refractivity contribution in [2.24, 2.45) is 0 Å². The highest BCUT2D eigenvalue weighted by molar-refractivity contribution is 7.79. The molecule has 0 aromatic carbocycles. The third-order valence-corrected chi connectivity index (χ3v) is 2.62. The molecule has 0 radical (unpaired) electrons. The molecule has 0 unspecified atom stereocenters. The molecule has 0 amide bonds. The van der Waals surface area contributed by atoms with Crippen LogP contribution in [0.25, 0.3) is 0 Å². The van der Waals surface area contributed by atoms with Crippen LogP contribution in [0.2, 0.25) is 0 Å². The molecule has 0 aliphatic rings. The first-order valence-corrected chi connectivity index (χ1v) is 10.0. The average Bonchev–Trinajstić information content (AvgIpc) is 2.56. The van der Waals surface area contributed by atoms with Crippen molar-refractivity contribution in [2.75, 3.05) is 72.7 Å². The zero-order valence-electron chi connectivity index (χ0n) is 15.5. The molecule has 0 atom stereocenters. The number of ether oxygens (including phenoxy) is 5. The normalized spacial score (nSPS) is 11.2. The molecular formula is C15H34O10S. The van der Waals surface area contributed by atoms with Crippen LogP contribution in [0.1, 0.15) is 26.2 Å². The summed E-state index contributed by atoms with van der Waals surface area (Å²) in [5.41, 5.74) is 0. The molecule has 0 aromatic heterocycles. The van der Waals surface area contributed by atoms with E-state index in [-0.39, 0.29) is 6.61 Å². The number of unbranched alkanes of at least 4 members (excludes halogenated alkanes) is 2. The molecule has 0 spiro atoms. The van der Waals surface area contributed by atoms with Gasteiger partial charge in [0.05, 0.1) is 66.1 Å². The first kappa shape index (κ1) is 27.8. The number of aliphatic hydroxyl groups is 1. The zero-order chi connectivity index (χ0) is 19.9. The standard InChI is InChI=1S/C15H32O6.H2O4S/c1-2-3-4-6-17-8-10-19-12-14-21-15-13-20-11-9-18-7-5-16;1-5(2,3)4/h16H,2-15H2,1H3;(H2,1,2,3,4). The van der Waals surface area contributed by atoms with E-state index in [1.165, 1.54) is 12.8 Å². The molecule has 0 fully saturated rings. The van der Waals surface area contributed by atoms with Gasteiger partial charge in [0.25, 0.3) is 0 Å². The van der Waals surface area contributed by atoms with Gasteiger partial charge in [0.15, 0.2) is 0 Å². The van der Waals surface area contributed by atoms with E-state index in [0.29, 0.717) is 59.5 Å². The minimum Gasteiger partial charge on any atom is -0.394 e. The molecule has 0 aliphatic heterocycles. The predicted molar refractivity (Wildman–Crippen MR) is 94.9 cm³/mol. The second kappa shape index (κ2) is 22.7. The van der Waals surface area contributed by atoms with Crippen molar-refractivity contribution in [1.82, 2.24) is 0 Å². The Balaban J connectivity index is 0.